The molecule has 0 aromatic carbocycles. The first kappa shape index (κ1) is 18.5. The zero-order chi connectivity index (χ0) is 20.1. The lowest BCUT2D eigenvalue weighted by atomic mass is 10.0. The fourth-order valence-electron chi connectivity index (χ4n) is 3.57. The molecule has 4 rings (SSSR count). The summed E-state index contributed by atoms with van der Waals surface area (Å²) in [5, 5.41) is 11.9. The summed E-state index contributed by atoms with van der Waals surface area (Å²) in [4.78, 5) is 11.6. The van der Waals surface area contributed by atoms with E-state index >= 15 is 0 Å². The highest BCUT2D eigenvalue weighted by Crippen LogP contribution is 2.32. The average molecular weight is 381 g/mol. The van der Waals surface area contributed by atoms with Crippen LogP contribution in [-0.2, 0) is 10.3 Å². The fraction of sp³-hybridized carbons (Fsp3) is 0.476. The summed E-state index contributed by atoms with van der Waals surface area (Å²) in [5.41, 5.74) is 3.94. The van der Waals surface area contributed by atoms with E-state index in [9.17, 15) is 4.79 Å². The number of amides is 1. The molecule has 28 heavy (non-hydrogen) atoms. The van der Waals surface area contributed by atoms with Crippen LogP contribution in [0.3, 0.4) is 0 Å². The zero-order valence-electron chi connectivity index (χ0n) is 17.1. The molecule has 0 spiro atoms. The van der Waals surface area contributed by atoms with Crippen LogP contribution in [0.15, 0.2) is 30.9 Å². The van der Waals surface area contributed by atoms with E-state index in [1.165, 1.54) is 0 Å². The standard InChI is InChI=1S/C21H27N5O2/c1-13-8-23-25-11-16(17-10-24-26(12-17)21(3,4)5)6-18(20(13)25)28-14(2)15-7-19(27)22-9-15/h6,8,10-12,14-15H,7,9H2,1-5H3,(H,22,27)/t14-,15-/m1/s1. The van der Waals surface area contributed by atoms with Crippen LogP contribution in [-0.4, -0.2) is 38.0 Å². The molecule has 0 bridgehead atoms. The lowest BCUT2D eigenvalue weighted by Crippen LogP contribution is -2.25. The highest BCUT2D eigenvalue weighted by atomic mass is 16.5. The van der Waals surface area contributed by atoms with Gasteiger partial charge in [-0.15, -0.1) is 0 Å². The molecular weight excluding hydrogens is 354 g/mol. The Morgan fingerprint density at radius 1 is 1.21 bits per heavy atom. The number of fused-ring (bicyclic) bond motifs is 1. The van der Waals surface area contributed by atoms with Crippen molar-refractivity contribution < 1.29 is 9.53 Å². The number of ether oxygens (including phenoxy) is 1. The largest absolute Gasteiger partial charge is 0.488 e. The number of nitrogens with one attached hydrogen (secondary N) is 1. The first-order valence-corrected chi connectivity index (χ1v) is 9.69. The van der Waals surface area contributed by atoms with Crippen molar-refractivity contribution in [2.45, 2.75) is 52.7 Å². The molecule has 1 amide bonds. The molecule has 0 aliphatic carbocycles. The molecule has 1 N–H and O–H groups in total. The van der Waals surface area contributed by atoms with Gasteiger partial charge in [0, 0.05) is 42.4 Å². The van der Waals surface area contributed by atoms with Crippen LogP contribution in [0.4, 0.5) is 0 Å². The van der Waals surface area contributed by atoms with E-state index in [1.54, 1.807) is 0 Å². The van der Waals surface area contributed by atoms with Crippen LogP contribution in [0, 0.1) is 12.8 Å². The van der Waals surface area contributed by atoms with Crippen LogP contribution < -0.4 is 10.1 Å². The molecule has 7 heteroatoms. The number of rotatable bonds is 4. The van der Waals surface area contributed by atoms with E-state index in [1.807, 2.05) is 47.8 Å². The molecule has 7 nitrogen and oxygen atoms in total. The third kappa shape index (κ3) is 3.37. The maximum atomic E-state index is 11.6. The molecule has 1 aliphatic heterocycles. The van der Waals surface area contributed by atoms with Crippen molar-refractivity contribution in [3.05, 3.63) is 36.4 Å². The Kier molecular flexibility index (Phi) is 4.40. The quantitative estimate of drug-likeness (QED) is 0.753. The molecule has 148 valence electrons. The lowest BCUT2D eigenvalue weighted by molar-refractivity contribution is -0.119. The number of hydrogen-bond acceptors (Lipinski definition) is 4. The van der Waals surface area contributed by atoms with Crippen LogP contribution in [0.1, 0.15) is 39.7 Å². The van der Waals surface area contributed by atoms with Crippen molar-refractivity contribution in [2.24, 2.45) is 5.92 Å². The van der Waals surface area contributed by atoms with Crippen molar-refractivity contribution >= 4 is 11.4 Å². The number of nitrogens with zero attached hydrogens (tertiary/aromatic N) is 4. The predicted molar refractivity (Wildman–Crippen MR) is 107 cm³/mol. The van der Waals surface area contributed by atoms with Gasteiger partial charge in [-0.25, -0.2) is 4.52 Å². The number of aryl methyl sites for hydroxylation is 1. The van der Waals surface area contributed by atoms with E-state index in [4.69, 9.17) is 4.74 Å². The van der Waals surface area contributed by atoms with Gasteiger partial charge in [0.2, 0.25) is 5.91 Å². The topological polar surface area (TPSA) is 73.5 Å². The Hall–Kier alpha value is -2.83. The molecule has 1 aliphatic rings. The highest BCUT2D eigenvalue weighted by Gasteiger charge is 2.28. The number of aromatic nitrogens is 4. The minimum absolute atomic E-state index is 0.0791. The minimum atomic E-state index is -0.0828. The molecule has 3 aromatic heterocycles. The predicted octanol–water partition coefficient (Wildman–Crippen LogP) is 3.16. The van der Waals surface area contributed by atoms with Gasteiger partial charge in [0.15, 0.2) is 0 Å². The van der Waals surface area contributed by atoms with Crippen LogP contribution >= 0.6 is 0 Å². The third-order valence-electron chi connectivity index (χ3n) is 5.35. The summed E-state index contributed by atoms with van der Waals surface area (Å²) in [6.07, 6.45) is 8.19. The number of carbonyl (C=O) groups is 1. The second-order valence-corrected chi connectivity index (χ2v) is 8.65. The second-order valence-electron chi connectivity index (χ2n) is 8.65. The molecule has 1 fully saturated rings. The number of hydrogen-bond donors (Lipinski definition) is 1. The number of carbonyl (C=O) groups excluding carboxylic acids is 1. The van der Waals surface area contributed by atoms with Gasteiger partial charge in [-0.3, -0.25) is 9.48 Å². The van der Waals surface area contributed by atoms with Crippen LogP contribution in [0.25, 0.3) is 16.6 Å². The smallest absolute Gasteiger partial charge is 0.220 e. The molecule has 2 atom stereocenters. The SMILES string of the molecule is Cc1cnn2cc(-c3cnn(C(C)(C)C)c3)cc(O[C@H](C)[C@H]3CNC(=O)C3)c12. The summed E-state index contributed by atoms with van der Waals surface area (Å²) in [7, 11) is 0. The molecule has 0 unspecified atom stereocenters. The second kappa shape index (κ2) is 6.65. The van der Waals surface area contributed by atoms with Gasteiger partial charge in [0.05, 0.1) is 17.9 Å². The monoisotopic (exact) mass is 381 g/mol. The molecule has 1 saturated heterocycles. The normalized spacial score (nSPS) is 18.5. The maximum Gasteiger partial charge on any atom is 0.220 e. The Labute approximate surface area is 164 Å². The highest BCUT2D eigenvalue weighted by molar-refractivity contribution is 5.78. The van der Waals surface area contributed by atoms with E-state index in [-0.39, 0.29) is 23.5 Å². The molecule has 3 aromatic rings. The van der Waals surface area contributed by atoms with Gasteiger partial charge in [-0.2, -0.15) is 10.2 Å². The fourth-order valence-corrected chi connectivity index (χ4v) is 3.57. The van der Waals surface area contributed by atoms with E-state index in [2.05, 4.69) is 42.4 Å². The molecule has 4 heterocycles. The third-order valence-corrected chi connectivity index (χ3v) is 5.35. The minimum Gasteiger partial charge on any atom is -0.488 e. The van der Waals surface area contributed by atoms with Gasteiger partial charge >= 0.3 is 0 Å². The summed E-state index contributed by atoms with van der Waals surface area (Å²) >= 11 is 0. The van der Waals surface area contributed by atoms with Gasteiger partial charge in [0.25, 0.3) is 0 Å². The Bertz CT molecular complexity index is 1030. The average Bonchev–Trinajstić information content (AvgIpc) is 3.34. The summed E-state index contributed by atoms with van der Waals surface area (Å²) in [5.74, 6) is 1.04. The maximum absolute atomic E-state index is 11.6. The van der Waals surface area contributed by atoms with E-state index < -0.39 is 0 Å². The van der Waals surface area contributed by atoms with E-state index in [0.717, 1.165) is 28.0 Å². The van der Waals surface area contributed by atoms with Gasteiger partial charge < -0.3 is 10.1 Å². The Balaban J connectivity index is 1.72. The van der Waals surface area contributed by atoms with Gasteiger partial charge in [-0.05, 0) is 46.2 Å². The van der Waals surface area contributed by atoms with Crippen molar-refractivity contribution in [3.8, 4) is 16.9 Å². The summed E-state index contributed by atoms with van der Waals surface area (Å²) in [6, 6.07) is 2.05. The number of pyridine rings is 1. The van der Waals surface area contributed by atoms with Crippen molar-refractivity contribution in [3.63, 3.8) is 0 Å². The molecular formula is C21H27N5O2. The van der Waals surface area contributed by atoms with Crippen molar-refractivity contribution in [1.29, 1.82) is 0 Å². The Morgan fingerprint density at radius 2 is 2.00 bits per heavy atom. The van der Waals surface area contributed by atoms with Crippen molar-refractivity contribution in [1.82, 2.24) is 24.7 Å². The first-order chi connectivity index (χ1) is 13.2. The first-order valence-electron chi connectivity index (χ1n) is 9.69. The zero-order valence-corrected chi connectivity index (χ0v) is 17.1. The molecule has 0 radical (unpaired) electrons. The van der Waals surface area contributed by atoms with Crippen LogP contribution in [0.5, 0.6) is 5.75 Å². The Morgan fingerprint density at radius 3 is 2.64 bits per heavy atom. The summed E-state index contributed by atoms with van der Waals surface area (Å²) < 4.78 is 10.2. The van der Waals surface area contributed by atoms with E-state index in [0.29, 0.717) is 13.0 Å². The lowest BCUT2D eigenvalue weighted by Gasteiger charge is -2.21. The van der Waals surface area contributed by atoms with Crippen LogP contribution in [0.2, 0.25) is 0 Å². The summed E-state index contributed by atoms with van der Waals surface area (Å²) in [6.45, 7) is 11.1. The van der Waals surface area contributed by atoms with Gasteiger partial charge in [0.1, 0.15) is 17.4 Å². The molecule has 0 saturated carbocycles. The van der Waals surface area contributed by atoms with Crippen molar-refractivity contribution in [2.75, 3.05) is 6.54 Å². The van der Waals surface area contributed by atoms with Gasteiger partial charge in [-0.1, -0.05) is 0 Å².